The van der Waals surface area contributed by atoms with Crippen molar-refractivity contribution in [1.29, 1.82) is 0 Å². The highest BCUT2D eigenvalue weighted by Gasteiger charge is 2.11. The lowest BCUT2D eigenvalue weighted by atomic mass is 10.1. The van der Waals surface area contributed by atoms with Crippen molar-refractivity contribution in [1.82, 2.24) is 4.57 Å². The summed E-state index contributed by atoms with van der Waals surface area (Å²) in [6.07, 6.45) is 7.04. The maximum absolute atomic E-state index is 10.1. The zero-order valence-corrected chi connectivity index (χ0v) is 6.79. The van der Waals surface area contributed by atoms with Crippen LogP contribution in [0.15, 0.2) is 17.3 Å². The number of rotatable bonds is 1. The second kappa shape index (κ2) is 2.95. The van der Waals surface area contributed by atoms with Gasteiger partial charge in [-0.2, -0.15) is 4.99 Å². The maximum Gasteiger partial charge on any atom is 0.240 e. The summed E-state index contributed by atoms with van der Waals surface area (Å²) in [6.45, 7) is 1.06. The molecule has 0 spiro atoms. The van der Waals surface area contributed by atoms with Crippen molar-refractivity contribution in [3.63, 3.8) is 0 Å². The van der Waals surface area contributed by atoms with E-state index in [1.54, 1.807) is 6.08 Å². The Hall–Kier alpha value is -1.34. The molecule has 0 bridgehead atoms. The van der Waals surface area contributed by atoms with Gasteiger partial charge in [0.05, 0.1) is 5.69 Å². The fraction of sp³-hybridized carbons (Fsp3) is 0.444. The van der Waals surface area contributed by atoms with E-state index in [0.717, 1.165) is 18.7 Å². The lowest BCUT2D eigenvalue weighted by molar-refractivity contribution is 0.533. The minimum Gasteiger partial charge on any atom is -0.349 e. The van der Waals surface area contributed by atoms with Crippen LogP contribution >= 0.6 is 0 Å². The minimum absolute atomic E-state index is 0.796. The molecule has 0 radical (unpaired) electrons. The summed E-state index contributed by atoms with van der Waals surface area (Å²) in [5.74, 6) is 0. The smallest absolute Gasteiger partial charge is 0.240 e. The second-order valence-corrected chi connectivity index (χ2v) is 3.00. The molecule has 0 saturated heterocycles. The molecule has 3 heteroatoms. The van der Waals surface area contributed by atoms with E-state index in [2.05, 4.69) is 9.56 Å². The van der Waals surface area contributed by atoms with E-state index in [9.17, 15) is 4.79 Å². The zero-order chi connectivity index (χ0) is 8.39. The van der Waals surface area contributed by atoms with Crippen LogP contribution in [0.4, 0.5) is 5.69 Å². The van der Waals surface area contributed by atoms with Crippen molar-refractivity contribution in [3.05, 3.63) is 18.0 Å². The molecule has 2 rings (SSSR count). The zero-order valence-electron chi connectivity index (χ0n) is 6.79. The normalized spacial score (nSPS) is 15.0. The summed E-state index contributed by atoms with van der Waals surface area (Å²) in [6, 6.07) is 1.88. The van der Waals surface area contributed by atoms with Crippen LogP contribution < -0.4 is 0 Å². The van der Waals surface area contributed by atoms with E-state index in [0.29, 0.717) is 0 Å². The fourth-order valence-corrected chi connectivity index (χ4v) is 1.70. The number of aromatic nitrogens is 1. The lowest BCUT2D eigenvalue weighted by Crippen LogP contribution is -2.08. The Morgan fingerprint density at radius 3 is 3.25 bits per heavy atom. The van der Waals surface area contributed by atoms with E-state index in [1.165, 1.54) is 18.5 Å². The first-order chi connectivity index (χ1) is 5.92. The third-order valence-corrected chi connectivity index (χ3v) is 2.28. The van der Waals surface area contributed by atoms with Crippen molar-refractivity contribution < 1.29 is 4.79 Å². The molecule has 0 atom stereocenters. The van der Waals surface area contributed by atoms with Crippen LogP contribution in [0.3, 0.4) is 0 Å². The summed E-state index contributed by atoms with van der Waals surface area (Å²) >= 11 is 0. The highest BCUT2D eigenvalue weighted by atomic mass is 16.1. The summed E-state index contributed by atoms with van der Waals surface area (Å²) in [5, 5.41) is 0. The number of hydrogen-bond acceptors (Lipinski definition) is 2. The Labute approximate surface area is 70.7 Å². The summed E-state index contributed by atoms with van der Waals surface area (Å²) in [7, 11) is 0. The van der Waals surface area contributed by atoms with Crippen LogP contribution in [-0.2, 0) is 17.8 Å². The van der Waals surface area contributed by atoms with Gasteiger partial charge in [0.2, 0.25) is 6.08 Å². The van der Waals surface area contributed by atoms with Gasteiger partial charge in [-0.1, -0.05) is 0 Å². The summed E-state index contributed by atoms with van der Waals surface area (Å²) in [4.78, 5) is 13.7. The molecule has 62 valence electrons. The predicted molar refractivity (Wildman–Crippen MR) is 45.2 cm³/mol. The van der Waals surface area contributed by atoms with Crippen molar-refractivity contribution in [2.24, 2.45) is 4.99 Å². The van der Waals surface area contributed by atoms with E-state index >= 15 is 0 Å². The Balaban J connectivity index is 2.44. The van der Waals surface area contributed by atoms with Gasteiger partial charge in [0.25, 0.3) is 0 Å². The monoisotopic (exact) mass is 162 g/mol. The number of hydrogen-bond donors (Lipinski definition) is 0. The number of aliphatic imine (C=N–C) groups is 1. The molecule has 0 N–H and O–H groups in total. The Morgan fingerprint density at radius 1 is 1.50 bits per heavy atom. The van der Waals surface area contributed by atoms with Gasteiger partial charge >= 0.3 is 0 Å². The molecule has 3 nitrogen and oxygen atoms in total. The van der Waals surface area contributed by atoms with Gasteiger partial charge in [-0.3, -0.25) is 0 Å². The quantitative estimate of drug-likeness (QED) is 0.458. The molecule has 0 aliphatic carbocycles. The van der Waals surface area contributed by atoms with Crippen LogP contribution in [0.1, 0.15) is 18.5 Å². The van der Waals surface area contributed by atoms with Crippen molar-refractivity contribution >= 4 is 11.8 Å². The Kier molecular flexibility index (Phi) is 1.80. The van der Waals surface area contributed by atoms with Crippen LogP contribution in [0.25, 0.3) is 0 Å². The molecule has 0 unspecified atom stereocenters. The summed E-state index contributed by atoms with van der Waals surface area (Å²) < 4.78 is 2.17. The first-order valence-corrected chi connectivity index (χ1v) is 4.17. The Morgan fingerprint density at radius 2 is 2.42 bits per heavy atom. The molecule has 1 aliphatic heterocycles. The minimum atomic E-state index is 0.796. The molecule has 0 aromatic carbocycles. The van der Waals surface area contributed by atoms with E-state index in [-0.39, 0.29) is 0 Å². The number of aryl methyl sites for hydroxylation is 1. The van der Waals surface area contributed by atoms with Crippen molar-refractivity contribution in [2.75, 3.05) is 0 Å². The largest absolute Gasteiger partial charge is 0.349 e. The van der Waals surface area contributed by atoms with Crippen LogP contribution in [0, 0.1) is 0 Å². The van der Waals surface area contributed by atoms with Gasteiger partial charge in [0, 0.05) is 18.4 Å². The third kappa shape index (κ3) is 1.08. The van der Waals surface area contributed by atoms with Crippen molar-refractivity contribution in [3.8, 4) is 0 Å². The molecule has 0 amide bonds. The lowest BCUT2D eigenvalue weighted by Gasteiger charge is -2.14. The topological polar surface area (TPSA) is 34.4 Å². The average Bonchev–Trinajstić information content (AvgIpc) is 2.50. The van der Waals surface area contributed by atoms with Gasteiger partial charge in [-0.25, -0.2) is 4.79 Å². The molecule has 1 aromatic heterocycles. The highest BCUT2D eigenvalue weighted by Crippen LogP contribution is 2.25. The number of isocyanates is 1. The summed E-state index contributed by atoms with van der Waals surface area (Å²) in [5.41, 5.74) is 1.98. The molecule has 12 heavy (non-hydrogen) atoms. The highest BCUT2D eigenvalue weighted by molar-refractivity contribution is 5.52. The fourth-order valence-electron chi connectivity index (χ4n) is 1.70. The molecule has 1 aromatic rings. The van der Waals surface area contributed by atoms with Gasteiger partial charge in [-0.15, -0.1) is 0 Å². The standard InChI is InChI=1S/C9H10N2O/c12-7-10-8-4-6-11-5-2-1-3-9(8)11/h4,6H,1-3,5H2. The molecular weight excluding hydrogens is 152 g/mol. The van der Waals surface area contributed by atoms with Crippen LogP contribution in [-0.4, -0.2) is 10.6 Å². The van der Waals surface area contributed by atoms with Crippen molar-refractivity contribution in [2.45, 2.75) is 25.8 Å². The number of carbonyl (C=O) groups excluding carboxylic acids is 1. The third-order valence-electron chi connectivity index (χ3n) is 2.28. The van der Waals surface area contributed by atoms with Crippen LogP contribution in [0.5, 0.6) is 0 Å². The van der Waals surface area contributed by atoms with Gasteiger partial charge in [0.15, 0.2) is 0 Å². The van der Waals surface area contributed by atoms with E-state index < -0.39 is 0 Å². The molecule has 1 aliphatic rings. The van der Waals surface area contributed by atoms with Gasteiger partial charge in [-0.05, 0) is 25.3 Å². The van der Waals surface area contributed by atoms with E-state index in [1.807, 2.05) is 12.3 Å². The van der Waals surface area contributed by atoms with Gasteiger partial charge < -0.3 is 4.57 Å². The number of nitrogens with zero attached hydrogens (tertiary/aromatic N) is 2. The average molecular weight is 162 g/mol. The van der Waals surface area contributed by atoms with Gasteiger partial charge in [0.1, 0.15) is 0 Å². The SMILES string of the molecule is O=C=Nc1ccn2c1CCCC2. The first kappa shape index (κ1) is 7.32. The predicted octanol–water partition coefficient (Wildman–Crippen LogP) is 1.79. The maximum atomic E-state index is 10.1. The molecule has 0 fully saturated rings. The molecule has 2 heterocycles. The number of fused-ring (bicyclic) bond motifs is 1. The second-order valence-electron chi connectivity index (χ2n) is 3.00. The van der Waals surface area contributed by atoms with Crippen LogP contribution in [0.2, 0.25) is 0 Å². The first-order valence-electron chi connectivity index (χ1n) is 4.17. The molecule has 0 saturated carbocycles. The van der Waals surface area contributed by atoms with E-state index in [4.69, 9.17) is 0 Å². The Bertz CT molecular complexity index is 334. The molecular formula is C9H10N2O.